The number of amides is 2. The van der Waals surface area contributed by atoms with E-state index in [2.05, 4.69) is 10.1 Å². The van der Waals surface area contributed by atoms with E-state index in [0.717, 1.165) is 24.3 Å². The summed E-state index contributed by atoms with van der Waals surface area (Å²) in [5.41, 5.74) is 1.16. The highest BCUT2D eigenvalue weighted by molar-refractivity contribution is 5.74. The second-order valence-corrected chi connectivity index (χ2v) is 6.57. The fourth-order valence-electron chi connectivity index (χ4n) is 2.92. The minimum atomic E-state index is 0.0220. The Morgan fingerprint density at radius 2 is 2.28 bits per heavy atom. The van der Waals surface area contributed by atoms with Crippen molar-refractivity contribution in [2.75, 3.05) is 33.8 Å². The van der Waals surface area contributed by atoms with Gasteiger partial charge in [-0.3, -0.25) is 0 Å². The number of likely N-dealkylation sites (tertiary alicyclic amines) is 1. The third kappa shape index (κ3) is 4.29. The molecule has 25 heavy (non-hydrogen) atoms. The Hall–Kier alpha value is -2.57. The highest BCUT2D eigenvalue weighted by Crippen LogP contribution is 2.26. The molecular formula is C18H24N4O3. The van der Waals surface area contributed by atoms with Crippen molar-refractivity contribution < 1.29 is 14.1 Å². The van der Waals surface area contributed by atoms with Crippen LogP contribution < -0.4 is 4.74 Å². The first-order chi connectivity index (χ1) is 12.0. The van der Waals surface area contributed by atoms with Crippen LogP contribution >= 0.6 is 0 Å². The maximum Gasteiger partial charge on any atom is 0.319 e. The van der Waals surface area contributed by atoms with E-state index in [0.29, 0.717) is 31.3 Å². The lowest BCUT2D eigenvalue weighted by Crippen LogP contribution is -2.37. The number of aromatic nitrogens is 2. The predicted octanol–water partition coefficient (Wildman–Crippen LogP) is 2.47. The molecule has 0 N–H and O–H groups in total. The largest absolute Gasteiger partial charge is 0.493 e. The molecule has 7 heteroatoms. The molecule has 0 bridgehead atoms. The van der Waals surface area contributed by atoms with Gasteiger partial charge in [-0.1, -0.05) is 17.3 Å². The minimum Gasteiger partial charge on any atom is -0.493 e. The van der Waals surface area contributed by atoms with Crippen LogP contribution in [0.5, 0.6) is 5.75 Å². The van der Waals surface area contributed by atoms with Gasteiger partial charge in [0, 0.05) is 33.6 Å². The molecule has 1 aliphatic rings. The zero-order valence-corrected chi connectivity index (χ0v) is 14.9. The predicted molar refractivity (Wildman–Crippen MR) is 92.7 cm³/mol. The highest BCUT2D eigenvalue weighted by atomic mass is 16.5. The van der Waals surface area contributed by atoms with E-state index >= 15 is 0 Å². The van der Waals surface area contributed by atoms with Crippen LogP contribution in [0.25, 0.3) is 0 Å². The summed E-state index contributed by atoms with van der Waals surface area (Å²) in [6, 6.07) is 7.95. The van der Waals surface area contributed by atoms with Crippen molar-refractivity contribution in [1.29, 1.82) is 0 Å². The molecule has 0 saturated carbocycles. The maximum atomic E-state index is 12.0. The normalized spacial score (nSPS) is 16.9. The summed E-state index contributed by atoms with van der Waals surface area (Å²) in [6.45, 7) is 3.87. The first kappa shape index (κ1) is 17.3. The van der Waals surface area contributed by atoms with E-state index in [9.17, 15) is 4.79 Å². The summed E-state index contributed by atoms with van der Waals surface area (Å²) in [7, 11) is 3.52. The molecule has 0 aliphatic carbocycles. The molecule has 134 valence electrons. The van der Waals surface area contributed by atoms with Gasteiger partial charge in [0.25, 0.3) is 0 Å². The van der Waals surface area contributed by atoms with E-state index in [4.69, 9.17) is 9.26 Å². The van der Waals surface area contributed by atoms with Gasteiger partial charge in [0.15, 0.2) is 5.82 Å². The monoisotopic (exact) mass is 344 g/mol. The van der Waals surface area contributed by atoms with Crippen LogP contribution in [0.4, 0.5) is 4.79 Å². The van der Waals surface area contributed by atoms with Gasteiger partial charge in [0.2, 0.25) is 5.89 Å². The topological polar surface area (TPSA) is 71.7 Å². The number of carbonyl (C=O) groups is 1. The van der Waals surface area contributed by atoms with Crippen molar-refractivity contribution in [3.8, 4) is 5.75 Å². The van der Waals surface area contributed by atoms with Crippen LogP contribution in [-0.4, -0.2) is 59.8 Å². The molecule has 1 fully saturated rings. The highest BCUT2D eigenvalue weighted by Gasteiger charge is 2.31. The molecule has 1 atom stereocenters. The van der Waals surface area contributed by atoms with Crippen molar-refractivity contribution >= 4 is 6.03 Å². The number of urea groups is 1. The van der Waals surface area contributed by atoms with E-state index < -0.39 is 0 Å². The van der Waals surface area contributed by atoms with Gasteiger partial charge in [-0.2, -0.15) is 4.98 Å². The van der Waals surface area contributed by atoms with Crippen LogP contribution in [-0.2, 0) is 6.42 Å². The Bertz CT molecular complexity index is 729. The molecule has 7 nitrogen and oxygen atoms in total. The van der Waals surface area contributed by atoms with Crippen molar-refractivity contribution in [1.82, 2.24) is 19.9 Å². The summed E-state index contributed by atoms with van der Waals surface area (Å²) in [5.74, 6) is 2.21. The SMILES string of the molecule is Cc1cccc(OCCc2noc(C3CCN(C(=O)N(C)C)C3)n2)c1. The zero-order valence-electron chi connectivity index (χ0n) is 14.9. The van der Waals surface area contributed by atoms with E-state index in [-0.39, 0.29) is 11.9 Å². The van der Waals surface area contributed by atoms with Gasteiger partial charge in [-0.25, -0.2) is 4.79 Å². The third-order valence-electron chi connectivity index (χ3n) is 4.26. The number of nitrogens with zero attached hydrogens (tertiary/aromatic N) is 4. The summed E-state index contributed by atoms with van der Waals surface area (Å²) >= 11 is 0. The van der Waals surface area contributed by atoms with Crippen LogP contribution in [0, 0.1) is 6.92 Å². The average Bonchev–Trinajstić information content (AvgIpc) is 3.23. The van der Waals surface area contributed by atoms with Crippen molar-refractivity contribution in [3.05, 3.63) is 41.5 Å². The van der Waals surface area contributed by atoms with Gasteiger partial charge < -0.3 is 19.1 Å². The van der Waals surface area contributed by atoms with Crippen LogP contribution in [0.2, 0.25) is 0 Å². The molecule has 2 amide bonds. The molecule has 1 aromatic heterocycles. The molecule has 1 unspecified atom stereocenters. The number of benzene rings is 1. The van der Waals surface area contributed by atoms with Crippen LogP contribution in [0.1, 0.15) is 29.6 Å². The van der Waals surface area contributed by atoms with Gasteiger partial charge in [-0.05, 0) is 31.0 Å². The smallest absolute Gasteiger partial charge is 0.319 e. The summed E-state index contributed by atoms with van der Waals surface area (Å²) < 4.78 is 11.1. The first-order valence-corrected chi connectivity index (χ1v) is 8.51. The van der Waals surface area contributed by atoms with Crippen molar-refractivity contribution in [2.24, 2.45) is 0 Å². The van der Waals surface area contributed by atoms with E-state index in [1.165, 1.54) is 0 Å². The fourth-order valence-corrected chi connectivity index (χ4v) is 2.92. The Balaban J connectivity index is 1.50. The molecular weight excluding hydrogens is 320 g/mol. The number of aryl methyl sites for hydroxylation is 1. The summed E-state index contributed by atoms with van der Waals surface area (Å²) in [6.07, 6.45) is 1.44. The molecule has 1 saturated heterocycles. The number of carbonyl (C=O) groups excluding carboxylic acids is 1. The minimum absolute atomic E-state index is 0.0220. The Morgan fingerprint density at radius 1 is 1.44 bits per heavy atom. The van der Waals surface area contributed by atoms with E-state index in [1.807, 2.05) is 36.1 Å². The number of ether oxygens (including phenoxy) is 1. The molecule has 2 aromatic rings. The number of rotatable bonds is 5. The van der Waals surface area contributed by atoms with E-state index in [1.54, 1.807) is 19.0 Å². The molecule has 0 radical (unpaired) electrons. The molecule has 3 rings (SSSR count). The fraction of sp³-hybridized carbons (Fsp3) is 0.500. The Morgan fingerprint density at radius 3 is 3.04 bits per heavy atom. The van der Waals surface area contributed by atoms with Gasteiger partial charge in [0.1, 0.15) is 5.75 Å². The maximum absolute atomic E-state index is 12.0. The Kier molecular flexibility index (Phi) is 5.21. The van der Waals surface area contributed by atoms with Gasteiger partial charge in [0.05, 0.1) is 12.5 Å². The summed E-state index contributed by atoms with van der Waals surface area (Å²) in [5, 5.41) is 4.03. The first-order valence-electron chi connectivity index (χ1n) is 8.51. The lowest BCUT2D eigenvalue weighted by molar-refractivity contribution is 0.180. The lowest BCUT2D eigenvalue weighted by atomic mass is 10.1. The quantitative estimate of drug-likeness (QED) is 0.833. The lowest BCUT2D eigenvalue weighted by Gasteiger charge is -2.20. The second-order valence-electron chi connectivity index (χ2n) is 6.57. The average molecular weight is 344 g/mol. The molecule has 1 aromatic carbocycles. The molecule has 0 spiro atoms. The number of hydrogen-bond donors (Lipinski definition) is 0. The van der Waals surface area contributed by atoms with Gasteiger partial charge >= 0.3 is 6.03 Å². The Labute approximate surface area is 147 Å². The summed E-state index contributed by atoms with van der Waals surface area (Å²) in [4.78, 5) is 19.9. The zero-order chi connectivity index (χ0) is 17.8. The number of hydrogen-bond acceptors (Lipinski definition) is 5. The van der Waals surface area contributed by atoms with Crippen molar-refractivity contribution in [3.63, 3.8) is 0 Å². The second kappa shape index (κ2) is 7.55. The molecule has 2 heterocycles. The van der Waals surface area contributed by atoms with Crippen LogP contribution in [0.15, 0.2) is 28.8 Å². The molecule has 1 aliphatic heterocycles. The van der Waals surface area contributed by atoms with Crippen molar-refractivity contribution in [2.45, 2.75) is 25.7 Å². The van der Waals surface area contributed by atoms with Gasteiger partial charge in [-0.15, -0.1) is 0 Å². The third-order valence-corrected chi connectivity index (χ3v) is 4.26. The van der Waals surface area contributed by atoms with Crippen LogP contribution in [0.3, 0.4) is 0 Å². The standard InChI is InChI=1S/C18H24N4O3/c1-13-5-4-6-15(11-13)24-10-8-16-19-17(25-20-16)14-7-9-22(12-14)18(23)21(2)3/h4-6,11,14H,7-10,12H2,1-3H3.